The lowest BCUT2D eigenvalue weighted by Crippen LogP contribution is -2.02. The van der Waals surface area contributed by atoms with Gasteiger partial charge in [0.1, 0.15) is 0 Å². The molecule has 0 heteroatoms. The van der Waals surface area contributed by atoms with E-state index in [2.05, 4.69) is 66.8 Å². The molecule has 2 rings (SSSR count). The van der Waals surface area contributed by atoms with Gasteiger partial charge in [-0.3, -0.25) is 0 Å². The summed E-state index contributed by atoms with van der Waals surface area (Å²) in [6, 6.07) is 10.7. The van der Waals surface area contributed by atoms with Crippen LogP contribution >= 0.6 is 0 Å². The van der Waals surface area contributed by atoms with Crippen LogP contribution in [0.4, 0.5) is 0 Å². The van der Waals surface area contributed by atoms with Gasteiger partial charge in [-0.15, -0.1) is 0 Å². The third kappa shape index (κ3) is 6.06. The van der Waals surface area contributed by atoms with Gasteiger partial charge in [-0.2, -0.15) is 0 Å². The molecule has 106 valence electrons. The summed E-state index contributed by atoms with van der Waals surface area (Å²) in [6.07, 6.45) is 22.6. The van der Waals surface area contributed by atoms with Gasteiger partial charge in [0.15, 0.2) is 0 Å². The Balaban J connectivity index is 1.60. The molecular weight excluding hydrogens is 240 g/mol. The minimum atomic E-state index is 0.829. The highest BCUT2D eigenvalue weighted by molar-refractivity contribution is 5.16. The first kappa shape index (κ1) is 14.8. The van der Waals surface area contributed by atoms with Crippen molar-refractivity contribution in [1.82, 2.24) is 0 Å². The SMILES string of the molecule is C(=C\C=C\C1CCCCC1)/C=C/CCc1ccccc1. The summed E-state index contributed by atoms with van der Waals surface area (Å²) in [6.45, 7) is 0. The van der Waals surface area contributed by atoms with Gasteiger partial charge in [-0.1, -0.05) is 86.1 Å². The van der Waals surface area contributed by atoms with E-state index in [0.29, 0.717) is 0 Å². The maximum Gasteiger partial charge on any atom is -0.0230 e. The zero-order chi connectivity index (χ0) is 13.9. The molecule has 0 N–H and O–H groups in total. The largest absolute Gasteiger partial charge is 0.0842 e. The molecule has 0 saturated heterocycles. The Labute approximate surface area is 123 Å². The van der Waals surface area contributed by atoms with Crippen LogP contribution in [0.2, 0.25) is 0 Å². The lowest BCUT2D eigenvalue weighted by atomic mass is 9.89. The zero-order valence-electron chi connectivity index (χ0n) is 12.4. The average Bonchev–Trinajstić information content (AvgIpc) is 2.52. The molecule has 20 heavy (non-hydrogen) atoms. The second-order valence-electron chi connectivity index (χ2n) is 5.62. The van der Waals surface area contributed by atoms with Gasteiger partial charge in [0.05, 0.1) is 0 Å². The van der Waals surface area contributed by atoms with Crippen LogP contribution in [-0.4, -0.2) is 0 Å². The molecule has 0 unspecified atom stereocenters. The summed E-state index contributed by atoms with van der Waals surface area (Å²) in [5.41, 5.74) is 1.42. The first-order valence-electron chi connectivity index (χ1n) is 7.99. The van der Waals surface area contributed by atoms with Crippen LogP contribution in [0, 0.1) is 5.92 Å². The molecule has 1 aliphatic carbocycles. The summed E-state index contributed by atoms with van der Waals surface area (Å²) < 4.78 is 0. The number of aryl methyl sites for hydroxylation is 1. The summed E-state index contributed by atoms with van der Waals surface area (Å²) >= 11 is 0. The number of benzene rings is 1. The van der Waals surface area contributed by atoms with Crippen LogP contribution in [0.25, 0.3) is 0 Å². The molecule has 0 nitrogen and oxygen atoms in total. The second kappa shape index (κ2) is 9.36. The molecule has 0 radical (unpaired) electrons. The van der Waals surface area contributed by atoms with E-state index in [4.69, 9.17) is 0 Å². The van der Waals surface area contributed by atoms with Gasteiger partial charge in [-0.25, -0.2) is 0 Å². The summed E-state index contributed by atoms with van der Waals surface area (Å²) in [5.74, 6) is 0.829. The molecule has 0 atom stereocenters. The molecule has 0 bridgehead atoms. The molecule has 0 aromatic heterocycles. The number of rotatable bonds is 6. The van der Waals surface area contributed by atoms with E-state index in [1.165, 1.54) is 37.7 Å². The van der Waals surface area contributed by atoms with Gasteiger partial charge in [0, 0.05) is 0 Å². The zero-order valence-corrected chi connectivity index (χ0v) is 12.4. The van der Waals surface area contributed by atoms with Crippen molar-refractivity contribution in [2.24, 2.45) is 5.92 Å². The van der Waals surface area contributed by atoms with Crippen LogP contribution in [-0.2, 0) is 6.42 Å². The molecule has 1 saturated carbocycles. The first-order valence-corrected chi connectivity index (χ1v) is 7.99. The van der Waals surface area contributed by atoms with Crippen LogP contribution in [0.5, 0.6) is 0 Å². The Hall–Kier alpha value is -1.56. The molecule has 1 fully saturated rings. The van der Waals surface area contributed by atoms with Crippen molar-refractivity contribution >= 4 is 0 Å². The number of hydrogen-bond donors (Lipinski definition) is 0. The molecule has 1 aromatic rings. The van der Waals surface area contributed by atoms with Crippen LogP contribution in [0.1, 0.15) is 44.1 Å². The fourth-order valence-corrected chi connectivity index (χ4v) is 2.75. The third-order valence-corrected chi connectivity index (χ3v) is 3.95. The van der Waals surface area contributed by atoms with Crippen molar-refractivity contribution in [3.63, 3.8) is 0 Å². The smallest absolute Gasteiger partial charge is 0.0230 e. The van der Waals surface area contributed by atoms with Crippen molar-refractivity contribution < 1.29 is 0 Å². The van der Waals surface area contributed by atoms with E-state index in [1.54, 1.807) is 0 Å². The van der Waals surface area contributed by atoms with E-state index in [1.807, 2.05) is 0 Å². The van der Waals surface area contributed by atoms with E-state index in [-0.39, 0.29) is 0 Å². The summed E-state index contributed by atoms with van der Waals surface area (Å²) in [4.78, 5) is 0. The molecule has 1 aliphatic rings. The number of allylic oxidation sites excluding steroid dienone is 6. The normalized spacial score (nSPS) is 17.6. The van der Waals surface area contributed by atoms with Gasteiger partial charge in [-0.05, 0) is 37.2 Å². The number of hydrogen-bond acceptors (Lipinski definition) is 0. The Kier molecular flexibility index (Phi) is 6.95. The quantitative estimate of drug-likeness (QED) is 0.565. The maximum atomic E-state index is 2.38. The first-order chi connectivity index (χ1) is 9.95. The topological polar surface area (TPSA) is 0 Å². The average molecular weight is 266 g/mol. The minimum Gasteiger partial charge on any atom is -0.0842 e. The molecule has 0 amide bonds. The van der Waals surface area contributed by atoms with E-state index in [9.17, 15) is 0 Å². The Morgan fingerprint density at radius 3 is 2.40 bits per heavy atom. The Morgan fingerprint density at radius 1 is 0.850 bits per heavy atom. The lowest BCUT2D eigenvalue weighted by molar-refractivity contribution is 0.419. The minimum absolute atomic E-state index is 0.829. The standard InChI is InChI=1S/C20H26/c1(3-7-13-19-15-9-5-10-16-19)2-4-8-14-20-17-11-6-12-18-20/h1-5,8-10,14-16,20H,6-7,11-13,17-18H2/b3-1+,4-2+,14-8+. The molecule has 1 aromatic carbocycles. The highest BCUT2D eigenvalue weighted by atomic mass is 14.1. The van der Waals surface area contributed by atoms with Crippen molar-refractivity contribution in [2.75, 3.05) is 0 Å². The van der Waals surface area contributed by atoms with Crippen molar-refractivity contribution in [3.05, 3.63) is 72.4 Å². The Morgan fingerprint density at radius 2 is 1.60 bits per heavy atom. The second-order valence-corrected chi connectivity index (χ2v) is 5.62. The van der Waals surface area contributed by atoms with Crippen LogP contribution in [0.15, 0.2) is 66.8 Å². The van der Waals surface area contributed by atoms with Crippen LogP contribution < -0.4 is 0 Å². The summed E-state index contributed by atoms with van der Waals surface area (Å²) in [5, 5.41) is 0. The predicted octanol–water partition coefficient (Wildman–Crippen LogP) is 5.87. The molecular formula is C20H26. The monoisotopic (exact) mass is 266 g/mol. The van der Waals surface area contributed by atoms with Crippen molar-refractivity contribution in [3.8, 4) is 0 Å². The highest BCUT2D eigenvalue weighted by Crippen LogP contribution is 2.24. The van der Waals surface area contributed by atoms with Crippen molar-refractivity contribution in [1.29, 1.82) is 0 Å². The van der Waals surface area contributed by atoms with Gasteiger partial charge in [0.25, 0.3) is 0 Å². The third-order valence-electron chi connectivity index (χ3n) is 3.95. The fraction of sp³-hybridized carbons (Fsp3) is 0.400. The Bertz CT molecular complexity index is 430. The van der Waals surface area contributed by atoms with Crippen molar-refractivity contribution in [2.45, 2.75) is 44.9 Å². The van der Waals surface area contributed by atoms with Gasteiger partial charge < -0.3 is 0 Å². The molecule has 0 heterocycles. The summed E-state index contributed by atoms with van der Waals surface area (Å²) in [7, 11) is 0. The lowest BCUT2D eigenvalue weighted by Gasteiger charge is -2.17. The highest BCUT2D eigenvalue weighted by Gasteiger charge is 2.08. The molecule has 0 aliphatic heterocycles. The van der Waals surface area contributed by atoms with Gasteiger partial charge >= 0.3 is 0 Å². The van der Waals surface area contributed by atoms with E-state index < -0.39 is 0 Å². The van der Waals surface area contributed by atoms with Gasteiger partial charge in [0.2, 0.25) is 0 Å². The fourth-order valence-electron chi connectivity index (χ4n) is 2.75. The van der Waals surface area contributed by atoms with Crippen LogP contribution in [0.3, 0.4) is 0 Å². The maximum absolute atomic E-state index is 2.38. The molecule has 0 spiro atoms. The predicted molar refractivity (Wildman–Crippen MR) is 88.8 cm³/mol. The van der Waals surface area contributed by atoms with E-state index in [0.717, 1.165) is 18.8 Å². The van der Waals surface area contributed by atoms with E-state index >= 15 is 0 Å².